The van der Waals surface area contributed by atoms with Crippen molar-refractivity contribution in [2.75, 3.05) is 10.5 Å². The maximum absolute atomic E-state index is 12.2. The fourth-order valence-corrected chi connectivity index (χ4v) is 3.58. The molecule has 20 heavy (non-hydrogen) atoms. The normalized spacial score (nSPS) is 11.6. The van der Waals surface area contributed by atoms with E-state index in [2.05, 4.69) is 14.7 Å². The van der Waals surface area contributed by atoms with Crippen molar-refractivity contribution in [2.24, 2.45) is 0 Å². The molecule has 8 heteroatoms. The van der Waals surface area contributed by atoms with Gasteiger partial charge in [0.05, 0.1) is 27.1 Å². The second-order valence-corrected chi connectivity index (χ2v) is 6.52. The molecule has 0 bridgehead atoms. The summed E-state index contributed by atoms with van der Waals surface area (Å²) in [5.41, 5.74) is 8.74. The average Bonchev–Trinajstić information content (AvgIpc) is 2.86. The van der Waals surface area contributed by atoms with Gasteiger partial charge in [-0.3, -0.25) is 4.72 Å². The molecule has 0 aliphatic carbocycles. The zero-order valence-electron chi connectivity index (χ0n) is 10.1. The minimum atomic E-state index is -3.80. The second kappa shape index (κ2) is 4.73. The standard InChI is InChI=1S/C12H10N4O2S2/c13-9-2-1-5-14-12(9)20(17,18)16-8-3-4-10-11(6-8)19-7-15-10/h1-7,16H,13H2. The van der Waals surface area contributed by atoms with Gasteiger partial charge < -0.3 is 5.73 Å². The van der Waals surface area contributed by atoms with Gasteiger partial charge in [-0.25, -0.2) is 9.97 Å². The summed E-state index contributed by atoms with van der Waals surface area (Å²) in [5, 5.41) is -0.176. The number of nitrogen functional groups attached to an aromatic ring is 1. The van der Waals surface area contributed by atoms with Crippen molar-refractivity contribution in [3.63, 3.8) is 0 Å². The van der Waals surface area contributed by atoms with E-state index in [1.807, 2.05) is 0 Å². The highest BCUT2D eigenvalue weighted by atomic mass is 32.2. The Kier molecular flexibility index (Phi) is 3.03. The van der Waals surface area contributed by atoms with E-state index in [9.17, 15) is 8.42 Å². The lowest BCUT2D eigenvalue weighted by Crippen LogP contribution is -2.16. The number of nitrogens with zero attached hydrogens (tertiary/aromatic N) is 2. The number of rotatable bonds is 3. The highest BCUT2D eigenvalue weighted by Gasteiger charge is 2.19. The molecule has 3 N–H and O–H groups in total. The third kappa shape index (κ3) is 2.30. The van der Waals surface area contributed by atoms with Gasteiger partial charge in [0.15, 0.2) is 5.03 Å². The molecule has 1 aromatic carbocycles. The molecule has 3 aromatic rings. The quantitative estimate of drug-likeness (QED) is 0.772. The topological polar surface area (TPSA) is 98.0 Å². The average molecular weight is 306 g/mol. The molecule has 6 nitrogen and oxygen atoms in total. The molecular weight excluding hydrogens is 296 g/mol. The Balaban J connectivity index is 1.99. The molecule has 2 aromatic heterocycles. The van der Waals surface area contributed by atoms with E-state index in [0.717, 1.165) is 10.2 Å². The number of pyridine rings is 1. The maximum atomic E-state index is 12.2. The van der Waals surface area contributed by atoms with Crippen LogP contribution in [0.25, 0.3) is 10.2 Å². The number of aromatic nitrogens is 2. The highest BCUT2D eigenvalue weighted by Crippen LogP contribution is 2.24. The van der Waals surface area contributed by atoms with E-state index in [1.54, 1.807) is 29.8 Å². The number of sulfonamides is 1. The smallest absolute Gasteiger partial charge is 0.281 e. The number of anilines is 2. The summed E-state index contributed by atoms with van der Waals surface area (Å²) in [5.74, 6) is 0. The van der Waals surface area contributed by atoms with Crippen molar-refractivity contribution in [1.82, 2.24) is 9.97 Å². The highest BCUT2D eigenvalue weighted by molar-refractivity contribution is 7.92. The SMILES string of the molecule is Nc1cccnc1S(=O)(=O)Nc1ccc2ncsc2c1. The van der Waals surface area contributed by atoms with Crippen molar-refractivity contribution in [2.45, 2.75) is 5.03 Å². The number of hydrogen-bond donors (Lipinski definition) is 2. The lowest BCUT2D eigenvalue weighted by Gasteiger charge is -2.08. The minimum absolute atomic E-state index is 0.110. The summed E-state index contributed by atoms with van der Waals surface area (Å²) in [6.45, 7) is 0. The van der Waals surface area contributed by atoms with E-state index < -0.39 is 10.0 Å². The van der Waals surface area contributed by atoms with E-state index in [1.165, 1.54) is 23.6 Å². The van der Waals surface area contributed by atoms with E-state index >= 15 is 0 Å². The van der Waals surface area contributed by atoms with E-state index in [-0.39, 0.29) is 10.7 Å². The van der Waals surface area contributed by atoms with Crippen LogP contribution in [-0.4, -0.2) is 18.4 Å². The Morgan fingerprint density at radius 3 is 2.85 bits per heavy atom. The number of nitrogens with two attached hydrogens (primary N) is 1. The molecule has 102 valence electrons. The summed E-state index contributed by atoms with van der Waals surface area (Å²) < 4.78 is 27.8. The van der Waals surface area contributed by atoms with Crippen molar-refractivity contribution in [3.8, 4) is 0 Å². The van der Waals surface area contributed by atoms with Gasteiger partial charge in [-0.2, -0.15) is 8.42 Å². The van der Waals surface area contributed by atoms with Crippen LogP contribution in [0.2, 0.25) is 0 Å². The molecular formula is C12H10N4O2S2. The summed E-state index contributed by atoms with van der Waals surface area (Å²) >= 11 is 1.44. The summed E-state index contributed by atoms with van der Waals surface area (Å²) in [7, 11) is -3.80. The first kappa shape index (κ1) is 12.8. The van der Waals surface area contributed by atoms with Gasteiger partial charge in [0.25, 0.3) is 10.0 Å². The molecule has 0 fully saturated rings. The Bertz CT molecular complexity index is 874. The number of fused-ring (bicyclic) bond motifs is 1. The molecule has 0 spiro atoms. The van der Waals surface area contributed by atoms with Crippen LogP contribution in [0.1, 0.15) is 0 Å². The van der Waals surface area contributed by atoms with Crippen molar-refractivity contribution in [3.05, 3.63) is 42.0 Å². The first-order valence-electron chi connectivity index (χ1n) is 5.63. The summed E-state index contributed by atoms with van der Waals surface area (Å²) in [4.78, 5) is 7.95. The zero-order valence-corrected chi connectivity index (χ0v) is 11.8. The van der Waals surface area contributed by atoms with Crippen molar-refractivity contribution >= 4 is 43.0 Å². The lowest BCUT2D eigenvalue weighted by atomic mass is 10.3. The monoisotopic (exact) mass is 306 g/mol. The van der Waals surface area contributed by atoms with Gasteiger partial charge in [-0.15, -0.1) is 11.3 Å². The minimum Gasteiger partial charge on any atom is -0.396 e. The van der Waals surface area contributed by atoms with Gasteiger partial charge in [-0.1, -0.05) is 0 Å². The molecule has 3 rings (SSSR count). The molecule has 0 saturated heterocycles. The molecule has 0 unspecified atom stereocenters. The lowest BCUT2D eigenvalue weighted by molar-refractivity contribution is 0.598. The first-order chi connectivity index (χ1) is 9.56. The number of benzene rings is 1. The number of nitrogens with one attached hydrogen (secondary N) is 1. The zero-order chi connectivity index (χ0) is 14.2. The first-order valence-corrected chi connectivity index (χ1v) is 7.99. The molecule has 0 radical (unpaired) electrons. The van der Waals surface area contributed by atoms with Crippen LogP contribution in [-0.2, 0) is 10.0 Å². The largest absolute Gasteiger partial charge is 0.396 e. The van der Waals surface area contributed by atoms with Crippen molar-refractivity contribution < 1.29 is 8.42 Å². The van der Waals surface area contributed by atoms with Gasteiger partial charge in [0.1, 0.15) is 0 Å². The predicted octanol–water partition coefficient (Wildman–Crippen LogP) is 2.07. The predicted molar refractivity (Wildman–Crippen MR) is 79.1 cm³/mol. The van der Waals surface area contributed by atoms with Crippen LogP contribution in [0.5, 0.6) is 0 Å². The maximum Gasteiger partial charge on any atom is 0.281 e. The Morgan fingerprint density at radius 2 is 2.05 bits per heavy atom. The number of hydrogen-bond acceptors (Lipinski definition) is 6. The third-order valence-corrected chi connectivity index (χ3v) is 4.78. The second-order valence-electron chi connectivity index (χ2n) is 4.04. The van der Waals surface area contributed by atoms with Crippen LogP contribution in [0, 0.1) is 0 Å². The van der Waals surface area contributed by atoms with Gasteiger partial charge >= 0.3 is 0 Å². The molecule has 0 atom stereocenters. The fourth-order valence-electron chi connectivity index (χ4n) is 1.75. The van der Waals surface area contributed by atoms with Gasteiger partial charge in [-0.05, 0) is 30.3 Å². The summed E-state index contributed by atoms with van der Waals surface area (Å²) in [6, 6.07) is 8.21. The molecule has 0 aliphatic heterocycles. The molecule has 0 aliphatic rings. The third-order valence-electron chi connectivity index (χ3n) is 2.64. The molecule has 2 heterocycles. The molecule has 0 amide bonds. The van der Waals surface area contributed by atoms with Gasteiger partial charge in [0.2, 0.25) is 0 Å². The Hall–Kier alpha value is -2.19. The van der Waals surface area contributed by atoms with E-state index in [0.29, 0.717) is 5.69 Å². The Labute approximate surface area is 119 Å². The molecule has 0 saturated carbocycles. The van der Waals surface area contributed by atoms with Crippen molar-refractivity contribution in [1.29, 1.82) is 0 Å². The number of thiazole rings is 1. The van der Waals surface area contributed by atoms with Crippen LogP contribution < -0.4 is 10.5 Å². The summed E-state index contributed by atoms with van der Waals surface area (Å²) in [6.07, 6.45) is 1.39. The van der Waals surface area contributed by atoms with Crippen LogP contribution in [0.15, 0.2) is 47.1 Å². The fraction of sp³-hybridized carbons (Fsp3) is 0. The van der Waals surface area contributed by atoms with Gasteiger partial charge in [0, 0.05) is 6.20 Å². The van der Waals surface area contributed by atoms with Crippen LogP contribution >= 0.6 is 11.3 Å². The Morgan fingerprint density at radius 1 is 1.20 bits per heavy atom. The van der Waals surface area contributed by atoms with E-state index in [4.69, 9.17) is 5.73 Å². The van der Waals surface area contributed by atoms with Crippen LogP contribution in [0.4, 0.5) is 11.4 Å². The van der Waals surface area contributed by atoms with Crippen LogP contribution in [0.3, 0.4) is 0 Å².